The van der Waals surface area contributed by atoms with E-state index in [0.29, 0.717) is 10.8 Å². The highest BCUT2D eigenvalue weighted by Gasteiger charge is 2.28. The van der Waals surface area contributed by atoms with Crippen molar-refractivity contribution in [3.63, 3.8) is 0 Å². The van der Waals surface area contributed by atoms with Crippen molar-refractivity contribution in [2.45, 2.75) is 57.4 Å². The molecule has 1 saturated carbocycles. The van der Waals surface area contributed by atoms with E-state index in [1.54, 1.807) is 19.2 Å². The average molecular weight is 311 g/mol. The van der Waals surface area contributed by atoms with Crippen molar-refractivity contribution in [2.75, 3.05) is 7.11 Å². The van der Waals surface area contributed by atoms with E-state index < -0.39 is 10.0 Å². The van der Waals surface area contributed by atoms with Crippen LogP contribution in [-0.2, 0) is 10.0 Å². The number of hydrogen-bond acceptors (Lipinski definition) is 3. The van der Waals surface area contributed by atoms with E-state index in [2.05, 4.69) is 11.6 Å². The first kappa shape index (κ1) is 16.3. The maximum atomic E-state index is 12.7. The Kier molecular flexibility index (Phi) is 4.94. The Morgan fingerprint density at radius 3 is 2.43 bits per heavy atom. The molecular weight excluding hydrogens is 286 g/mol. The fourth-order valence-electron chi connectivity index (χ4n) is 3.04. The van der Waals surface area contributed by atoms with E-state index in [0.717, 1.165) is 36.1 Å². The summed E-state index contributed by atoms with van der Waals surface area (Å²) in [5.74, 6) is 1.12. The van der Waals surface area contributed by atoms with Crippen LogP contribution in [0, 0.1) is 19.8 Å². The average Bonchev–Trinajstić information content (AvgIpc) is 2.44. The minimum Gasteiger partial charge on any atom is -0.496 e. The van der Waals surface area contributed by atoms with Crippen LogP contribution in [0.5, 0.6) is 5.75 Å². The monoisotopic (exact) mass is 311 g/mol. The summed E-state index contributed by atoms with van der Waals surface area (Å²) < 4.78 is 33.5. The number of ether oxygens (including phenoxy) is 1. The molecule has 0 amide bonds. The fourth-order valence-corrected chi connectivity index (χ4v) is 4.72. The Labute approximate surface area is 127 Å². The van der Waals surface area contributed by atoms with Gasteiger partial charge >= 0.3 is 0 Å². The van der Waals surface area contributed by atoms with Gasteiger partial charge in [-0.15, -0.1) is 0 Å². The molecule has 1 fully saturated rings. The third-order valence-corrected chi connectivity index (χ3v) is 6.25. The zero-order chi connectivity index (χ0) is 15.6. The Hall–Kier alpha value is -1.07. The predicted octanol–water partition coefficient (Wildman–Crippen LogP) is 3.17. The van der Waals surface area contributed by atoms with Crippen LogP contribution in [0.15, 0.2) is 17.0 Å². The third-order valence-electron chi connectivity index (χ3n) is 4.62. The zero-order valence-corrected chi connectivity index (χ0v) is 14.1. The number of sulfonamides is 1. The van der Waals surface area contributed by atoms with Crippen molar-refractivity contribution in [3.05, 3.63) is 23.3 Å². The van der Waals surface area contributed by atoms with E-state index in [9.17, 15) is 8.42 Å². The van der Waals surface area contributed by atoms with Gasteiger partial charge in [0.05, 0.1) is 12.0 Å². The van der Waals surface area contributed by atoms with Gasteiger partial charge in [-0.1, -0.05) is 19.8 Å². The van der Waals surface area contributed by atoms with Crippen molar-refractivity contribution in [1.29, 1.82) is 0 Å². The molecule has 1 aliphatic rings. The first-order valence-corrected chi connectivity index (χ1v) is 9.01. The molecule has 0 saturated heterocycles. The first-order valence-electron chi connectivity index (χ1n) is 7.53. The lowest BCUT2D eigenvalue weighted by Crippen LogP contribution is -2.41. The van der Waals surface area contributed by atoms with Crippen molar-refractivity contribution in [3.8, 4) is 5.75 Å². The minimum atomic E-state index is -3.48. The van der Waals surface area contributed by atoms with Crippen LogP contribution >= 0.6 is 0 Å². The molecule has 0 aromatic heterocycles. The van der Waals surface area contributed by atoms with Crippen LogP contribution in [-0.4, -0.2) is 21.6 Å². The van der Waals surface area contributed by atoms with Crippen LogP contribution in [0.4, 0.5) is 0 Å². The Balaban J connectivity index is 2.29. The van der Waals surface area contributed by atoms with Crippen LogP contribution in [0.3, 0.4) is 0 Å². The van der Waals surface area contributed by atoms with Crippen molar-refractivity contribution < 1.29 is 13.2 Å². The lowest BCUT2D eigenvalue weighted by atomic mass is 9.87. The lowest BCUT2D eigenvalue weighted by Gasteiger charge is -2.29. The highest BCUT2D eigenvalue weighted by Crippen LogP contribution is 2.29. The van der Waals surface area contributed by atoms with Gasteiger partial charge in [-0.25, -0.2) is 13.1 Å². The van der Waals surface area contributed by atoms with Crippen molar-refractivity contribution >= 4 is 10.0 Å². The molecule has 118 valence electrons. The second kappa shape index (κ2) is 6.36. The molecule has 0 radical (unpaired) electrons. The molecule has 0 spiro atoms. The SMILES string of the molecule is COc1ccc(S(=O)(=O)N[C@H]2CCCC[C@@H]2C)c(C)c1C. The molecule has 1 aliphatic carbocycles. The van der Waals surface area contributed by atoms with Gasteiger partial charge in [0, 0.05) is 6.04 Å². The van der Waals surface area contributed by atoms with Crippen molar-refractivity contribution in [2.24, 2.45) is 5.92 Å². The van der Waals surface area contributed by atoms with Gasteiger partial charge in [-0.2, -0.15) is 0 Å². The van der Waals surface area contributed by atoms with Crippen LogP contribution < -0.4 is 9.46 Å². The van der Waals surface area contributed by atoms with Gasteiger partial charge in [0.15, 0.2) is 0 Å². The topological polar surface area (TPSA) is 55.4 Å². The number of benzene rings is 1. The normalized spacial score (nSPS) is 23.0. The Morgan fingerprint density at radius 1 is 1.14 bits per heavy atom. The summed E-state index contributed by atoms with van der Waals surface area (Å²) in [6.45, 7) is 5.84. The molecular formula is C16H25NO3S. The van der Waals surface area contributed by atoms with Crippen LogP contribution in [0.25, 0.3) is 0 Å². The van der Waals surface area contributed by atoms with Crippen molar-refractivity contribution in [1.82, 2.24) is 4.72 Å². The number of methoxy groups -OCH3 is 1. The summed E-state index contributed by atoms with van der Waals surface area (Å²) in [7, 11) is -1.88. The molecule has 1 aromatic rings. The molecule has 21 heavy (non-hydrogen) atoms. The molecule has 4 nitrogen and oxygen atoms in total. The standard InChI is InChI=1S/C16H25NO3S/c1-11-7-5-6-8-14(11)17-21(18,19)16-10-9-15(20-4)12(2)13(16)3/h9-11,14,17H,5-8H2,1-4H3/t11-,14-/m0/s1. The fraction of sp³-hybridized carbons (Fsp3) is 0.625. The highest BCUT2D eigenvalue weighted by molar-refractivity contribution is 7.89. The maximum absolute atomic E-state index is 12.7. The molecule has 2 rings (SSSR count). The second-order valence-electron chi connectivity index (χ2n) is 6.01. The summed E-state index contributed by atoms with van der Waals surface area (Å²) in [4.78, 5) is 0.360. The van der Waals surface area contributed by atoms with Crippen LogP contribution in [0.2, 0.25) is 0 Å². The molecule has 0 aliphatic heterocycles. The first-order chi connectivity index (χ1) is 9.86. The van der Waals surface area contributed by atoms with Gasteiger partial charge in [0.2, 0.25) is 10.0 Å². The lowest BCUT2D eigenvalue weighted by molar-refractivity contribution is 0.310. The molecule has 5 heteroatoms. The molecule has 2 atom stereocenters. The number of hydrogen-bond donors (Lipinski definition) is 1. The summed E-state index contributed by atoms with van der Waals surface area (Å²) in [6, 6.07) is 3.41. The summed E-state index contributed by atoms with van der Waals surface area (Å²) in [5.41, 5.74) is 1.63. The minimum absolute atomic E-state index is 0.0468. The third kappa shape index (κ3) is 3.40. The van der Waals surface area contributed by atoms with Crippen LogP contribution in [0.1, 0.15) is 43.7 Å². The van der Waals surface area contributed by atoms with E-state index in [1.807, 2.05) is 13.8 Å². The molecule has 0 bridgehead atoms. The van der Waals surface area contributed by atoms with Gasteiger partial charge in [0.1, 0.15) is 5.75 Å². The molecule has 1 N–H and O–H groups in total. The quantitative estimate of drug-likeness (QED) is 0.929. The Morgan fingerprint density at radius 2 is 1.81 bits per heavy atom. The Bertz CT molecular complexity index is 610. The summed E-state index contributed by atoms with van der Waals surface area (Å²) in [6.07, 6.45) is 4.31. The van der Waals surface area contributed by atoms with E-state index in [4.69, 9.17) is 4.74 Å². The number of nitrogens with one attached hydrogen (secondary N) is 1. The smallest absolute Gasteiger partial charge is 0.241 e. The maximum Gasteiger partial charge on any atom is 0.241 e. The van der Waals surface area contributed by atoms with E-state index in [-0.39, 0.29) is 6.04 Å². The molecule has 0 heterocycles. The second-order valence-corrected chi connectivity index (χ2v) is 7.69. The molecule has 1 aromatic carbocycles. The van der Waals surface area contributed by atoms with Gasteiger partial charge in [-0.3, -0.25) is 0 Å². The highest BCUT2D eigenvalue weighted by atomic mass is 32.2. The largest absolute Gasteiger partial charge is 0.496 e. The van der Waals surface area contributed by atoms with Gasteiger partial charge < -0.3 is 4.74 Å². The van der Waals surface area contributed by atoms with E-state index >= 15 is 0 Å². The predicted molar refractivity (Wildman–Crippen MR) is 84.2 cm³/mol. The summed E-state index contributed by atoms with van der Waals surface area (Å²) in [5, 5.41) is 0. The molecule has 0 unspecified atom stereocenters. The zero-order valence-electron chi connectivity index (χ0n) is 13.3. The van der Waals surface area contributed by atoms with E-state index in [1.165, 1.54) is 6.42 Å². The summed E-state index contributed by atoms with van der Waals surface area (Å²) >= 11 is 0. The van der Waals surface area contributed by atoms with Gasteiger partial charge in [0.25, 0.3) is 0 Å². The van der Waals surface area contributed by atoms with Gasteiger partial charge in [-0.05, 0) is 55.9 Å². The number of rotatable bonds is 4.